The Balaban J connectivity index is 1.76. The van der Waals surface area contributed by atoms with Crippen LogP contribution in [0.25, 0.3) is 0 Å². The fourth-order valence-electron chi connectivity index (χ4n) is 3.28. The van der Waals surface area contributed by atoms with E-state index >= 15 is 0 Å². The molecule has 5 nitrogen and oxygen atoms in total. The van der Waals surface area contributed by atoms with Crippen molar-refractivity contribution in [3.8, 4) is 0 Å². The van der Waals surface area contributed by atoms with E-state index in [2.05, 4.69) is 10.0 Å². The molecule has 0 unspecified atom stereocenters. The highest BCUT2D eigenvalue weighted by Gasteiger charge is 2.45. The lowest BCUT2D eigenvalue weighted by Gasteiger charge is -2.40. The van der Waals surface area contributed by atoms with Crippen LogP contribution in [0.5, 0.6) is 0 Å². The molecule has 26 heavy (non-hydrogen) atoms. The molecule has 138 valence electrons. The van der Waals surface area contributed by atoms with Crippen LogP contribution >= 0.6 is 0 Å². The molecule has 0 aliphatic heterocycles. The highest BCUT2D eigenvalue weighted by Crippen LogP contribution is 2.44. The Morgan fingerprint density at radius 1 is 1.00 bits per heavy atom. The average molecular weight is 372 g/mol. The van der Waals surface area contributed by atoms with Gasteiger partial charge in [-0.3, -0.25) is 4.79 Å². The standard InChI is InChI=1S/C20H24N2O3S/c1-15(2)22-26(24,25)18-11-9-17(10-12-18)21-19(23)20(13-6-14-20)16-7-4-3-5-8-16/h3-5,7-12,15,22H,6,13-14H2,1-2H3,(H,21,23). The molecule has 3 rings (SSSR count). The molecule has 1 amide bonds. The van der Waals surface area contributed by atoms with Crippen LogP contribution in [0, 0.1) is 0 Å². The van der Waals surface area contributed by atoms with Gasteiger partial charge in [-0.1, -0.05) is 36.8 Å². The zero-order valence-electron chi connectivity index (χ0n) is 15.0. The number of carbonyl (C=O) groups is 1. The lowest BCUT2D eigenvalue weighted by atomic mass is 9.64. The number of rotatable bonds is 6. The second-order valence-electron chi connectivity index (χ2n) is 7.06. The molecule has 2 aromatic rings. The van der Waals surface area contributed by atoms with E-state index in [9.17, 15) is 13.2 Å². The molecule has 2 aromatic carbocycles. The predicted molar refractivity (Wildman–Crippen MR) is 103 cm³/mol. The topological polar surface area (TPSA) is 75.3 Å². The van der Waals surface area contributed by atoms with Crippen molar-refractivity contribution in [2.24, 2.45) is 0 Å². The third kappa shape index (κ3) is 3.66. The van der Waals surface area contributed by atoms with Crippen LogP contribution in [-0.2, 0) is 20.2 Å². The van der Waals surface area contributed by atoms with Gasteiger partial charge in [0.2, 0.25) is 15.9 Å². The molecule has 1 fully saturated rings. The average Bonchev–Trinajstić information content (AvgIpc) is 2.54. The van der Waals surface area contributed by atoms with Crippen molar-refractivity contribution in [1.82, 2.24) is 4.72 Å². The fourth-order valence-corrected chi connectivity index (χ4v) is 4.53. The van der Waals surface area contributed by atoms with Gasteiger partial charge in [-0.2, -0.15) is 0 Å². The zero-order valence-corrected chi connectivity index (χ0v) is 15.8. The van der Waals surface area contributed by atoms with Gasteiger partial charge in [-0.15, -0.1) is 0 Å². The number of hydrogen-bond donors (Lipinski definition) is 2. The first-order chi connectivity index (χ1) is 12.3. The molecule has 0 heterocycles. The van der Waals surface area contributed by atoms with Crippen LogP contribution in [0.3, 0.4) is 0 Å². The summed E-state index contributed by atoms with van der Waals surface area (Å²) in [5.74, 6) is -0.0362. The predicted octanol–water partition coefficient (Wildman–Crippen LogP) is 3.43. The monoisotopic (exact) mass is 372 g/mol. The molecule has 1 aliphatic carbocycles. The second kappa shape index (κ2) is 7.21. The highest BCUT2D eigenvalue weighted by molar-refractivity contribution is 7.89. The zero-order chi connectivity index (χ0) is 18.8. The van der Waals surface area contributed by atoms with Crippen molar-refractivity contribution in [2.45, 2.75) is 49.5 Å². The molecule has 0 bridgehead atoms. The summed E-state index contributed by atoms with van der Waals surface area (Å²) >= 11 is 0. The van der Waals surface area contributed by atoms with Crippen molar-refractivity contribution in [2.75, 3.05) is 5.32 Å². The van der Waals surface area contributed by atoms with Crippen molar-refractivity contribution in [1.29, 1.82) is 0 Å². The third-order valence-electron chi connectivity index (χ3n) is 4.78. The maximum atomic E-state index is 12.9. The Bertz CT molecular complexity index is 871. The minimum atomic E-state index is -3.53. The van der Waals surface area contributed by atoms with Gasteiger partial charge in [-0.05, 0) is 56.5 Å². The first-order valence-electron chi connectivity index (χ1n) is 8.83. The van der Waals surface area contributed by atoms with Crippen molar-refractivity contribution < 1.29 is 13.2 Å². The summed E-state index contributed by atoms with van der Waals surface area (Å²) in [5, 5.41) is 2.95. The van der Waals surface area contributed by atoms with Crippen molar-refractivity contribution >= 4 is 21.6 Å². The van der Waals surface area contributed by atoms with Gasteiger partial charge < -0.3 is 5.32 Å². The first kappa shape index (κ1) is 18.6. The summed E-state index contributed by atoms with van der Waals surface area (Å²) in [6.07, 6.45) is 2.68. The van der Waals surface area contributed by atoms with E-state index < -0.39 is 15.4 Å². The third-order valence-corrected chi connectivity index (χ3v) is 6.46. The van der Waals surface area contributed by atoms with Gasteiger partial charge >= 0.3 is 0 Å². The summed E-state index contributed by atoms with van der Waals surface area (Å²) in [4.78, 5) is 13.1. The quantitative estimate of drug-likeness (QED) is 0.816. The summed E-state index contributed by atoms with van der Waals surface area (Å²) in [6, 6.07) is 15.9. The van der Waals surface area contributed by atoms with E-state index in [1.807, 2.05) is 30.3 Å². The molecule has 0 aromatic heterocycles. The molecule has 0 radical (unpaired) electrons. The number of hydrogen-bond acceptors (Lipinski definition) is 3. The van der Waals surface area contributed by atoms with E-state index in [0.29, 0.717) is 5.69 Å². The number of carbonyl (C=O) groups excluding carboxylic acids is 1. The Morgan fingerprint density at radius 3 is 2.12 bits per heavy atom. The summed E-state index contributed by atoms with van der Waals surface area (Å²) in [6.45, 7) is 3.54. The molecule has 1 saturated carbocycles. The maximum absolute atomic E-state index is 12.9. The van der Waals surface area contributed by atoms with Crippen LogP contribution in [0.2, 0.25) is 0 Å². The van der Waals surface area contributed by atoms with Crippen LogP contribution in [0.15, 0.2) is 59.5 Å². The summed E-state index contributed by atoms with van der Waals surface area (Å²) < 4.78 is 26.9. The first-order valence-corrected chi connectivity index (χ1v) is 10.3. The van der Waals surface area contributed by atoms with Crippen molar-refractivity contribution in [3.63, 3.8) is 0 Å². The largest absolute Gasteiger partial charge is 0.325 e. The fraction of sp³-hybridized carbons (Fsp3) is 0.350. The van der Waals surface area contributed by atoms with Gasteiger partial charge in [0.15, 0.2) is 0 Å². The molecule has 6 heteroatoms. The SMILES string of the molecule is CC(C)NS(=O)(=O)c1ccc(NC(=O)C2(c3ccccc3)CCC2)cc1. The van der Waals surface area contributed by atoms with E-state index in [1.165, 1.54) is 12.1 Å². The van der Waals surface area contributed by atoms with E-state index in [4.69, 9.17) is 0 Å². The highest BCUT2D eigenvalue weighted by atomic mass is 32.2. The van der Waals surface area contributed by atoms with Gasteiger partial charge in [0.1, 0.15) is 0 Å². The Labute approximate surface area is 154 Å². The van der Waals surface area contributed by atoms with E-state index in [-0.39, 0.29) is 16.8 Å². The lowest BCUT2D eigenvalue weighted by Crippen LogP contribution is -2.45. The minimum Gasteiger partial charge on any atom is -0.325 e. The van der Waals surface area contributed by atoms with Crippen LogP contribution in [0.1, 0.15) is 38.7 Å². The van der Waals surface area contributed by atoms with Crippen molar-refractivity contribution in [3.05, 3.63) is 60.2 Å². The van der Waals surface area contributed by atoms with Gasteiger partial charge in [-0.25, -0.2) is 13.1 Å². The van der Waals surface area contributed by atoms with E-state index in [1.54, 1.807) is 26.0 Å². The molecule has 0 saturated heterocycles. The summed E-state index contributed by atoms with van der Waals surface area (Å²) in [7, 11) is -3.53. The van der Waals surface area contributed by atoms with Gasteiger partial charge in [0.25, 0.3) is 0 Å². The lowest BCUT2D eigenvalue weighted by molar-refractivity contribution is -0.124. The smallest absolute Gasteiger partial charge is 0.240 e. The minimum absolute atomic E-state index is 0.0362. The normalized spacial score (nSPS) is 16.1. The Kier molecular flexibility index (Phi) is 5.16. The molecule has 0 spiro atoms. The van der Waals surface area contributed by atoms with Crippen LogP contribution < -0.4 is 10.0 Å². The molecular weight excluding hydrogens is 348 g/mol. The van der Waals surface area contributed by atoms with Gasteiger partial charge in [0.05, 0.1) is 10.3 Å². The van der Waals surface area contributed by atoms with E-state index in [0.717, 1.165) is 24.8 Å². The number of sulfonamides is 1. The number of amides is 1. The van der Waals surface area contributed by atoms with Crippen LogP contribution in [-0.4, -0.2) is 20.4 Å². The molecular formula is C20H24N2O3S. The number of anilines is 1. The molecule has 0 atom stereocenters. The Morgan fingerprint density at radius 2 is 1.62 bits per heavy atom. The Hall–Kier alpha value is -2.18. The number of benzene rings is 2. The summed E-state index contributed by atoms with van der Waals surface area (Å²) in [5.41, 5.74) is 1.15. The second-order valence-corrected chi connectivity index (χ2v) is 8.77. The molecule has 1 aliphatic rings. The maximum Gasteiger partial charge on any atom is 0.240 e. The van der Waals surface area contributed by atoms with Crippen LogP contribution in [0.4, 0.5) is 5.69 Å². The van der Waals surface area contributed by atoms with Gasteiger partial charge in [0, 0.05) is 11.7 Å². The number of nitrogens with one attached hydrogen (secondary N) is 2. The molecule has 2 N–H and O–H groups in total.